The molecule has 1 fully saturated rings. The van der Waals surface area contributed by atoms with E-state index in [0.29, 0.717) is 0 Å². The summed E-state index contributed by atoms with van der Waals surface area (Å²) in [6, 6.07) is 0. The molecule has 1 saturated heterocycles. The first-order valence-corrected chi connectivity index (χ1v) is 5.07. The summed E-state index contributed by atoms with van der Waals surface area (Å²) in [6.07, 6.45) is -2.73. The van der Waals surface area contributed by atoms with Gasteiger partial charge in [-0.3, -0.25) is 4.79 Å². The van der Waals surface area contributed by atoms with Crippen LogP contribution in [-0.2, 0) is 19.0 Å². The maximum Gasteiger partial charge on any atom is 0.189 e. The van der Waals surface area contributed by atoms with E-state index in [1.807, 2.05) is 0 Å². The number of Topliss-reactive ketones (excluding diaryl/α,β-unsaturated/α-hetero) is 1. The van der Waals surface area contributed by atoms with E-state index in [2.05, 4.69) is 0 Å². The minimum atomic E-state index is -0.965. The number of methoxy groups -OCH3 is 1. The van der Waals surface area contributed by atoms with E-state index in [1.54, 1.807) is 13.8 Å². The second kappa shape index (κ2) is 5.20. The Kier molecular flexibility index (Phi) is 4.40. The van der Waals surface area contributed by atoms with Gasteiger partial charge in [0.1, 0.15) is 18.8 Å². The molecule has 1 aliphatic heterocycles. The van der Waals surface area contributed by atoms with Crippen LogP contribution in [0.3, 0.4) is 0 Å². The Bertz CT molecular complexity index is 252. The van der Waals surface area contributed by atoms with Crippen LogP contribution in [0.1, 0.15) is 13.8 Å². The number of hydrogen-bond donors (Lipinski definition) is 2. The topological polar surface area (TPSA) is 85.2 Å². The minimum Gasteiger partial charge on any atom is -0.388 e. The Morgan fingerprint density at radius 1 is 1.50 bits per heavy atom. The zero-order valence-corrected chi connectivity index (χ0v) is 9.67. The molecule has 2 N–H and O–H groups in total. The smallest absolute Gasteiger partial charge is 0.189 e. The van der Waals surface area contributed by atoms with Crippen molar-refractivity contribution in [2.45, 2.75) is 37.9 Å². The predicted molar refractivity (Wildman–Crippen MR) is 53.8 cm³/mol. The molecule has 0 aromatic heterocycles. The Labute approximate surface area is 94.1 Å². The Morgan fingerprint density at radius 3 is 2.62 bits per heavy atom. The zero-order chi connectivity index (χ0) is 12.3. The Balaban J connectivity index is 2.75. The van der Waals surface area contributed by atoms with E-state index in [0.717, 1.165) is 0 Å². The summed E-state index contributed by atoms with van der Waals surface area (Å²) in [4.78, 5) is 11.4. The number of rotatable bonds is 5. The summed E-state index contributed by atoms with van der Waals surface area (Å²) in [6.45, 7) is 2.69. The van der Waals surface area contributed by atoms with Gasteiger partial charge in [-0.1, -0.05) is 0 Å². The van der Waals surface area contributed by atoms with Crippen LogP contribution < -0.4 is 0 Å². The van der Waals surface area contributed by atoms with Crippen LogP contribution >= 0.6 is 0 Å². The van der Waals surface area contributed by atoms with Crippen LogP contribution in [0.2, 0.25) is 0 Å². The minimum absolute atomic E-state index is 0.0410. The van der Waals surface area contributed by atoms with Gasteiger partial charge in [0.25, 0.3) is 0 Å². The third-order valence-electron chi connectivity index (χ3n) is 2.32. The molecule has 6 nitrogen and oxygen atoms in total. The molecular formula is C10H18O6. The molecule has 1 heterocycles. The van der Waals surface area contributed by atoms with Crippen molar-refractivity contribution in [2.24, 2.45) is 0 Å². The lowest BCUT2D eigenvalue weighted by atomic mass is 10.1. The maximum atomic E-state index is 11.4. The molecular weight excluding hydrogens is 216 g/mol. The number of aliphatic hydroxyl groups is 2. The molecule has 0 aromatic rings. The van der Waals surface area contributed by atoms with E-state index >= 15 is 0 Å². The SMILES string of the molecule is COC[C@@H](O)[C@@H]1OC(C)(C)O[C@@H]1C(=O)CO. The molecule has 16 heavy (non-hydrogen) atoms. The first kappa shape index (κ1) is 13.5. The van der Waals surface area contributed by atoms with Gasteiger partial charge in [0.2, 0.25) is 0 Å². The molecule has 0 amide bonds. The molecule has 0 aromatic carbocycles. The standard InChI is InChI=1S/C10H18O6/c1-10(2)15-8(6(12)4-11)9(16-10)7(13)5-14-3/h7-9,11,13H,4-5H2,1-3H3/t7-,8-,9+/m1/s1. The van der Waals surface area contributed by atoms with Crippen LogP contribution in [0.15, 0.2) is 0 Å². The largest absolute Gasteiger partial charge is 0.388 e. The molecule has 0 unspecified atom stereocenters. The number of ether oxygens (including phenoxy) is 3. The Hall–Kier alpha value is -0.530. The molecule has 1 rings (SSSR count). The second-order valence-electron chi connectivity index (χ2n) is 4.17. The summed E-state index contributed by atoms with van der Waals surface area (Å²) in [5.74, 6) is -1.46. The number of aliphatic hydroxyl groups excluding tert-OH is 2. The fourth-order valence-electron chi connectivity index (χ4n) is 1.67. The van der Waals surface area contributed by atoms with E-state index < -0.39 is 36.5 Å². The molecule has 0 saturated carbocycles. The van der Waals surface area contributed by atoms with Gasteiger partial charge in [-0.15, -0.1) is 0 Å². The van der Waals surface area contributed by atoms with Crippen molar-refractivity contribution in [2.75, 3.05) is 20.3 Å². The Morgan fingerprint density at radius 2 is 2.12 bits per heavy atom. The van der Waals surface area contributed by atoms with Crippen LogP contribution in [0, 0.1) is 0 Å². The van der Waals surface area contributed by atoms with E-state index in [9.17, 15) is 9.90 Å². The fourth-order valence-corrected chi connectivity index (χ4v) is 1.67. The van der Waals surface area contributed by atoms with Crippen molar-refractivity contribution >= 4 is 5.78 Å². The molecule has 6 heteroatoms. The van der Waals surface area contributed by atoms with Crippen molar-refractivity contribution in [1.82, 2.24) is 0 Å². The monoisotopic (exact) mass is 234 g/mol. The van der Waals surface area contributed by atoms with E-state index in [1.165, 1.54) is 7.11 Å². The summed E-state index contributed by atoms with van der Waals surface area (Å²) >= 11 is 0. The molecule has 3 atom stereocenters. The number of ketones is 1. The van der Waals surface area contributed by atoms with Gasteiger partial charge >= 0.3 is 0 Å². The first-order valence-electron chi connectivity index (χ1n) is 5.07. The van der Waals surface area contributed by atoms with E-state index in [4.69, 9.17) is 19.3 Å². The van der Waals surface area contributed by atoms with Gasteiger partial charge in [-0.2, -0.15) is 0 Å². The van der Waals surface area contributed by atoms with Crippen molar-refractivity contribution in [3.63, 3.8) is 0 Å². The summed E-state index contributed by atoms with van der Waals surface area (Å²) < 4.78 is 15.5. The average molecular weight is 234 g/mol. The maximum absolute atomic E-state index is 11.4. The average Bonchev–Trinajstić information content (AvgIpc) is 2.54. The molecule has 0 spiro atoms. The van der Waals surface area contributed by atoms with Gasteiger partial charge in [0, 0.05) is 7.11 Å². The molecule has 0 radical (unpaired) electrons. The second-order valence-corrected chi connectivity index (χ2v) is 4.17. The highest BCUT2D eigenvalue weighted by Gasteiger charge is 2.47. The summed E-state index contributed by atoms with van der Waals surface area (Å²) in [5, 5.41) is 18.5. The highest BCUT2D eigenvalue weighted by atomic mass is 16.8. The van der Waals surface area contributed by atoms with E-state index in [-0.39, 0.29) is 6.61 Å². The van der Waals surface area contributed by atoms with Crippen LogP contribution in [0.25, 0.3) is 0 Å². The summed E-state index contributed by atoms with van der Waals surface area (Å²) in [5.41, 5.74) is 0. The number of carbonyl (C=O) groups excluding carboxylic acids is 1. The highest BCUT2D eigenvalue weighted by molar-refractivity contribution is 5.85. The van der Waals surface area contributed by atoms with Gasteiger partial charge in [-0.05, 0) is 13.8 Å². The van der Waals surface area contributed by atoms with Gasteiger partial charge in [0.05, 0.1) is 6.61 Å². The summed E-state index contributed by atoms with van der Waals surface area (Å²) in [7, 11) is 1.44. The van der Waals surface area contributed by atoms with Gasteiger partial charge in [0.15, 0.2) is 17.7 Å². The molecule has 0 bridgehead atoms. The third-order valence-corrected chi connectivity index (χ3v) is 2.32. The predicted octanol–water partition coefficient (Wildman–Crippen LogP) is -0.925. The first-order chi connectivity index (χ1) is 7.41. The normalized spacial score (nSPS) is 30.3. The van der Waals surface area contributed by atoms with Crippen molar-refractivity contribution in [3.8, 4) is 0 Å². The molecule has 1 aliphatic rings. The van der Waals surface area contributed by atoms with Gasteiger partial charge in [-0.25, -0.2) is 0 Å². The lowest BCUT2D eigenvalue weighted by Gasteiger charge is -2.20. The van der Waals surface area contributed by atoms with Crippen molar-refractivity contribution < 1.29 is 29.2 Å². The van der Waals surface area contributed by atoms with Crippen LogP contribution in [-0.4, -0.2) is 60.4 Å². The van der Waals surface area contributed by atoms with Crippen LogP contribution in [0.5, 0.6) is 0 Å². The van der Waals surface area contributed by atoms with Crippen LogP contribution in [0.4, 0.5) is 0 Å². The number of hydrogen-bond acceptors (Lipinski definition) is 6. The van der Waals surface area contributed by atoms with Crippen molar-refractivity contribution in [3.05, 3.63) is 0 Å². The number of carbonyl (C=O) groups is 1. The lowest BCUT2D eigenvalue weighted by molar-refractivity contribution is -0.161. The van der Waals surface area contributed by atoms with Crippen molar-refractivity contribution in [1.29, 1.82) is 0 Å². The highest BCUT2D eigenvalue weighted by Crippen LogP contribution is 2.30. The third kappa shape index (κ3) is 2.99. The quantitative estimate of drug-likeness (QED) is 0.639. The lowest BCUT2D eigenvalue weighted by Crippen LogP contribution is -2.43. The molecule has 0 aliphatic carbocycles. The molecule has 94 valence electrons. The van der Waals surface area contributed by atoms with Gasteiger partial charge < -0.3 is 24.4 Å². The fraction of sp³-hybridized carbons (Fsp3) is 0.900. The zero-order valence-electron chi connectivity index (χ0n) is 9.67.